The molecule has 1 saturated heterocycles. The molecule has 2 aliphatic rings. The van der Waals surface area contributed by atoms with Crippen LogP contribution in [0.25, 0.3) is 0 Å². The SMILES string of the molecule is Cc1ccc([C@@]2(O)CC[C@@H]3CN(Cc4ccc(Oc5ncccn5)cc4)C[C@@H]32)nc1.O=C(O)CC(O)(CC(=O)O)C(=O)O. The molecule has 3 aromatic rings. The van der Waals surface area contributed by atoms with Crippen LogP contribution in [0.2, 0.25) is 0 Å². The Morgan fingerprint density at radius 2 is 1.63 bits per heavy atom. The molecule has 0 bridgehead atoms. The first-order valence-electron chi connectivity index (χ1n) is 13.7. The van der Waals surface area contributed by atoms with Crippen molar-refractivity contribution in [1.82, 2.24) is 19.9 Å². The van der Waals surface area contributed by atoms with Gasteiger partial charge in [0.1, 0.15) is 11.4 Å². The number of aryl methyl sites for hydroxylation is 1. The molecule has 5 N–H and O–H groups in total. The number of carbonyl (C=O) groups is 3. The van der Waals surface area contributed by atoms with Crippen molar-refractivity contribution in [3.63, 3.8) is 0 Å². The van der Waals surface area contributed by atoms with Crippen molar-refractivity contribution in [1.29, 1.82) is 0 Å². The van der Waals surface area contributed by atoms with Crippen molar-refractivity contribution in [3.05, 3.63) is 77.9 Å². The van der Waals surface area contributed by atoms with Crippen molar-refractivity contribution in [2.24, 2.45) is 11.8 Å². The molecule has 0 unspecified atom stereocenters. The molecule has 0 radical (unpaired) electrons. The Bertz CT molecular complexity index is 1400. The van der Waals surface area contributed by atoms with Gasteiger partial charge in [0.05, 0.1) is 18.5 Å². The summed E-state index contributed by atoms with van der Waals surface area (Å²) in [6, 6.07) is 14.2. The number of hydrogen-bond donors (Lipinski definition) is 5. The Labute approximate surface area is 247 Å². The number of hydrogen-bond acceptors (Lipinski definition) is 10. The number of nitrogens with zero attached hydrogens (tertiary/aromatic N) is 4. The van der Waals surface area contributed by atoms with Crippen LogP contribution < -0.4 is 4.74 Å². The lowest BCUT2D eigenvalue weighted by molar-refractivity contribution is -0.170. The standard InChI is InChI=1S/C24H26N4O2.C6H8O7/c1-17-3-8-22(27-13-17)24(29)10-9-19-15-28(16-21(19)24)14-18-4-6-20(7-5-18)30-23-25-11-2-12-26-23;7-3(8)1-6(13,5(11)12)2-4(9)10/h2-8,11-13,19,21,29H,9-10,14-16H2,1H3;13H,1-2H2,(H,7,8)(H,9,10)(H,11,12)/t19-,21+,24-;/m1./s1. The molecule has 2 fully saturated rings. The van der Waals surface area contributed by atoms with Crippen LogP contribution in [0.3, 0.4) is 0 Å². The third kappa shape index (κ3) is 7.89. The molecule has 3 heterocycles. The van der Waals surface area contributed by atoms with E-state index in [0.29, 0.717) is 11.9 Å². The topological polar surface area (TPSA) is 203 Å². The van der Waals surface area contributed by atoms with Gasteiger partial charge in [-0.3, -0.25) is 19.5 Å². The highest BCUT2D eigenvalue weighted by Gasteiger charge is 2.53. The number of rotatable bonds is 10. The summed E-state index contributed by atoms with van der Waals surface area (Å²) in [6.45, 7) is 4.81. The van der Waals surface area contributed by atoms with Gasteiger partial charge in [-0.1, -0.05) is 18.2 Å². The summed E-state index contributed by atoms with van der Waals surface area (Å²) < 4.78 is 5.67. The van der Waals surface area contributed by atoms with Crippen molar-refractivity contribution in [2.75, 3.05) is 13.1 Å². The van der Waals surface area contributed by atoms with Crippen LogP contribution in [0, 0.1) is 18.8 Å². The van der Waals surface area contributed by atoms with E-state index in [9.17, 15) is 19.5 Å². The van der Waals surface area contributed by atoms with Crippen LogP contribution >= 0.6 is 0 Å². The van der Waals surface area contributed by atoms with E-state index < -0.39 is 42.0 Å². The number of ether oxygens (including phenoxy) is 1. The van der Waals surface area contributed by atoms with Crippen LogP contribution in [0.1, 0.15) is 42.5 Å². The van der Waals surface area contributed by atoms with Gasteiger partial charge in [0, 0.05) is 44.1 Å². The minimum atomic E-state index is -2.74. The molecule has 13 heteroatoms. The number of aliphatic carboxylic acids is 3. The van der Waals surface area contributed by atoms with Crippen molar-refractivity contribution >= 4 is 17.9 Å². The van der Waals surface area contributed by atoms with Gasteiger partial charge in [0.15, 0.2) is 5.60 Å². The van der Waals surface area contributed by atoms with E-state index in [2.05, 4.69) is 32.0 Å². The average molecular weight is 595 g/mol. The van der Waals surface area contributed by atoms with Gasteiger partial charge in [-0.15, -0.1) is 0 Å². The summed E-state index contributed by atoms with van der Waals surface area (Å²) in [5.41, 5.74) is -0.366. The van der Waals surface area contributed by atoms with Crippen LogP contribution in [0.5, 0.6) is 11.8 Å². The lowest BCUT2D eigenvalue weighted by Gasteiger charge is -2.30. The van der Waals surface area contributed by atoms with Crippen molar-refractivity contribution in [3.8, 4) is 11.8 Å². The maximum Gasteiger partial charge on any atom is 0.336 e. The maximum absolute atomic E-state index is 11.5. The predicted molar refractivity (Wildman–Crippen MR) is 150 cm³/mol. The zero-order chi connectivity index (χ0) is 31.2. The fourth-order valence-corrected chi connectivity index (χ4v) is 5.63. The number of pyridine rings is 1. The summed E-state index contributed by atoms with van der Waals surface area (Å²) in [6.07, 6.45) is 4.75. The minimum absolute atomic E-state index is 0.241. The normalized spacial score (nSPS) is 21.4. The number of fused-ring (bicyclic) bond motifs is 1. The molecule has 0 spiro atoms. The molecule has 1 saturated carbocycles. The molecular weight excluding hydrogens is 560 g/mol. The molecule has 0 amide bonds. The van der Waals surface area contributed by atoms with Crippen LogP contribution in [-0.2, 0) is 26.5 Å². The molecular formula is C30H34N4O9. The van der Waals surface area contributed by atoms with Crippen molar-refractivity contribution in [2.45, 2.75) is 50.4 Å². The molecule has 1 aliphatic carbocycles. The number of carboxylic acid groups (broad SMARTS) is 3. The van der Waals surface area contributed by atoms with E-state index >= 15 is 0 Å². The van der Waals surface area contributed by atoms with Gasteiger partial charge in [-0.2, -0.15) is 0 Å². The second-order valence-corrected chi connectivity index (χ2v) is 11.0. The lowest BCUT2D eigenvalue weighted by Crippen LogP contribution is -2.42. The highest BCUT2D eigenvalue weighted by Crippen LogP contribution is 2.50. The van der Waals surface area contributed by atoms with Gasteiger partial charge in [0.25, 0.3) is 0 Å². The van der Waals surface area contributed by atoms with Gasteiger partial charge in [-0.05, 0) is 61.1 Å². The second kappa shape index (κ2) is 13.2. The Morgan fingerprint density at radius 1 is 0.977 bits per heavy atom. The predicted octanol–water partition coefficient (Wildman–Crippen LogP) is 2.45. The third-order valence-corrected chi connectivity index (χ3v) is 7.75. The largest absolute Gasteiger partial charge is 0.481 e. The zero-order valence-corrected chi connectivity index (χ0v) is 23.5. The van der Waals surface area contributed by atoms with Gasteiger partial charge < -0.3 is 30.3 Å². The first-order valence-corrected chi connectivity index (χ1v) is 13.7. The van der Waals surface area contributed by atoms with E-state index in [0.717, 1.165) is 49.5 Å². The monoisotopic (exact) mass is 594 g/mol. The Hall–Kier alpha value is -4.46. The molecule has 43 heavy (non-hydrogen) atoms. The highest BCUT2D eigenvalue weighted by atomic mass is 16.5. The van der Waals surface area contributed by atoms with Gasteiger partial charge in [0.2, 0.25) is 0 Å². The summed E-state index contributed by atoms with van der Waals surface area (Å²) >= 11 is 0. The van der Waals surface area contributed by atoms with E-state index in [-0.39, 0.29) is 5.92 Å². The van der Waals surface area contributed by atoms with Crippen LogP contribution in [-0.4, -0.2) is 82.0 Å². The Balaban J connectivity index is 0.000000277. The zero-order valence-electron chi connectivity index (χ0n) is 23.5. The first kappa shape index (κ1) is 31.5. The van der Waals surface area contributed by atoms with E-state index in [4.69, 9.17) is 25.2 Å². The number of aliphatic hydroxyl groups is 2. The molecule has 1 aliphatic heterocycles. The summed E-state index contributed by atoms with van der Waals surface area (Å²) in [5, 5.41) is 45.3. The van der Waals surface area contributed by atoms with Gasteiger partial charge >= 0.3 is 23.9 Å². The molecule has 1 aromatic carbocycles. The first-order chi connectivity index (χ1) is 20.4. The highest BCUT2D eigenvalue weighted by molar-refractivity contribution is 5.88. The number of likely N-dealkylation sites (tertiary alicyclic amines) is 1. The Morgan fingerprint density at radius 3 is 2.19 bits per heavy atom. The molecule has 5 rings (SSSR count). The molecule has 13 nitrogen and oxygen atoms in total. The smallest absolute Gasteiger partial charge is 0.336 e. The van der Waals surface area contributed by atoms with Crippen LogP contribution in [0.15, 0.2) is 61.1 Å². The van der Waals surface area contributed by atoms with E-state index in [1.165, 1.54) is 5.56 Å². The fraction of sp³-hybridized carbons (Fsp3) is 0.400. The fourth-order valence-electron chi connectivity index (χ4n) is 5.63. The van der Waals surface area contributed by atoms with E-state index in [1.54, 1.807) is 18.5 Å². The Kier molecular flexibility index (Phi) is 9.69. The molecule has 3 atom stereocenters. The van der Waals surface area contributed by atoms with Crippen molar-refractivity contribution < 1.29 is 44.7 Å². The van der Waals surface area contributed by atoms with Gasteiger partial charge in [-0.25, -0.2) is 14.8 Å². The lowest BCUT2D eigenvalue weighted by atomic mass is 9.85. The third-order valence-electron chi connectivity index (χ3n) is 7.75. The van der Waals surface area contributed by atoms with Crippen LogP contribution in [0.4, 0.5) is 0 Å². The maximum atomic E-state index is 11.5. The number of benzene rings is 1. The summed E-state index contributed by atoms with van der Waals surface area (Å²) in [5.74, 6) is -3.53. The molecule has 2 aromatic heterocycles. The molecule has 228 valence electrons. The average Bonchev–Trinajstić information content (AvgIpc) is 3.50. The quantitative estimate of drug-likeness (QED) is 0.229. The van der Waals surface area contributed by atoms with E-state index in [1.807, 2.05) is 37.4 Å². The number of aromatic nitrogens is 3. The number of carboxylic acids is 3. The summed E-state index contributed by atoms with van der Waals surface area (Å²) in [7, 11) is 0. The second-order valence-electron chi connectivity index (χ2n) is 11.0. The minimum Gasteiger partial charge on any atom is -0.481 e. The summed E-state index contributed by atoms with van der Waals surface area (Å²) in [4.78, 5) is 45.7.